The molecular formula is C18H17ClN2O. The Labute approximate surface area is 134 Å². The van der Waals surface area contributed by atoms with Crippen molar-refractivity contribution >= 4 is 11.6 Å². The van der Waals surface area contributed by atoms with Crippen molar-refractivity contribution in [1.29, 1.82) is 0 Å². The summed E-state index contributed by atoms with van der Waals surface area (Å²) in [6.45, 7) is 0.419. The molecule has 2 aromatic carbocycles. The Balaban J connectivity index is 1.97. The minimum atomic E-state index is -1.05. The molecule has 22 heavy (non-hydrogen) atoms. The number of aliphatic hydroxyl groups is 1. The van der Waals surface area contributed by atoms with Crippen LogP contribution in [0.2, 0.25) is 5.02 Å². The molecule has 0 aliphatic heterocycles. The molecule has 0 saturated carbocycles. The van der Waals surface area contributed by atoms with E-state index in [1.54, 1.807) is 12.5 Å². The van der Waals surface area contributed by atoms with E-state index in [-0.39, 0.29) is 0 Å². The Morgan fingerprint density at radius 1 is 1.05 bits per heavy atom. The van der Waals surface area contributed by atoms with Crippen LogP contribution in [0, 0.1) is 0 Å². The summed E-state index contributed by atoms with van der Waals surface area (Å²) in [6, 6.07) is 17.3. The first-order chi connectivity index (χ1) is 10.7. The molecule has 3 aromatic rings. The van der Waals surface area contributed by atoms with Crippen molar-refractivity contribution in [3.63, 3.8) is 0 Å². The Hall–Kier alpha value is -2.10. The van der Waals surface area contributed by atoms with Gasteiger partial charge in [0.25, 0.3) is 0 Å². The van der Waals surface area contributed by atoms with Crippen molar-refractivity contribution in [2.75, 3.05) is 0 Å². The van der Waals surface area contributed by atoms with Gasteiger partial charge in [-0.3, -0.25) is 0 Å². The lowest BCUT2D eigenvalue weighted by Crippen LogP contribution is -2.33. The molecule has 1 unspecified atom stereocenters. The van der Waals surface area contributed by atoms with E-state index in [1.165, 1.54) is 0 Å². The van der Waals surface area contributed by atoms with Gasteiger partial charge in [0, 0.05) is 23.8 Å². The minimum absolute atomic E-state index is 0.419. The summed E-state index contributed by atoms with van der Waals surface area (Å²) in [5.74, 6) is 0. The number of rotatable bonds is 5. The zero-order chi connectivity index (χ0) is 15.4. The van der Waals surface area contributed by atoms with Gasteiger partial charge < -0.3 is 9.67 Å². The van der Waals surface area contributed by atoms with Crippen LogP contribution in [0.4, 0.5) is 0 Å². The van der Waals surface area contributed by atoms with E-state index in [9.17, 15) is 5.11 Å². The lowest BCUT2D eigenvalue weighted by Gasteiger charge is -2.29. The monoisotopic (exact) mass is 312 g/mol. The molecule has 0 aliphatic carbocycles. The molecule has 1 heterocycles. The normalized spacial score (nSPS) is 13.7. The van der Waals surface area contributed by atoms with Gasteiger partial charge in [-0.05, 0) is 17.2 Å². The largest absolute Gasteiger partial charge is 0.383 e. The molecular weight excluding hydrogens is 296 g/mol. The third kappa shape index (κ3) is 3.21. The van der Waals surface area contributed by atoms with Crippen molar-refractivity contribution in [2.24, 2.45) is 0 Å². The maximum atomic E-state index is 11.3. The van der Waals surface area contributed by atoms with Crippen LogP contribution in [0.15, 0.2) is 73.3 Å². The Kier molecular flexibility index (Phi) is 4.27. The van der Waals surface area contributed by atoms with Crippen LogP contribution in [-0.4, -0.2) is 14.7 Å². The average molecular weight is 313 g/mol. The van der Waals surface area contributed by atoms with Gasteiger partial charge in [0.2, 0.25) is 0 Å². The second kappa shape index (κ2) is 6.34. The van der Waals surface area contributed by atoms with Gasteiger partial charge in [0.1, 0.15) is 5.60 Å². The van der Waals surface area contributed by atoms with E-state index in [2.05, 4.69) is 4.98 Å². The fourth-order valence-electron chi connectivity index (χ4n) is 2.64. The van der Waals surface area contributed by atoms with Crippen molar-refractivity contribution in [2.45, 2.75) is 18.6 Å². The number of hydrogen-bond acceptors (Lipinski definition) is 2. The number of imidazole rings is 1. The maximum Gasteiger partial charge on any atom is 0.112 e. The zero-order valence-corrected chi connectivity index (χ0v) is 12.8. The fourth-order valence-corrected chi connectivity index (χ4v) is 2.84. The van der Waals surface area contributed by atoms with Gasteiger partial charge in [0.15, 0.2) is 0 Å². The second-order valence-corrected chi connectivity index (χ2v) is 5.81. The topological polar surface area (TPSA) is 38.0 Å². The molecule has 112 valence electrons. The highest BCUT2D eigenvalue weighted by atomic mass is 35.5. The van der Waals surface area contributed by atoms with E-state index in [4.69, 9.17) is 11.6 Å². The second-order valence-electron chi connectivity index (χ2n) is 5.40. The number of hydrogen-bond donors (Lipinski definition) is 1. The zero-order valence-electron chi connectivity index (χ0n) is 12.1. The van der Waals surface area contributed by atoms with Crippen LogP contribution in [0.3, 0.4) is 0 Å². The van der Waals surface area contributed by atoms with E-state index < -0.39 is 5.60 Å². The molecule has 0 aliphatic rings. The van der Waals surface area contributed by atoms with Gasteiger partial charge in [-0.1, -0.05) is 60.1 Å². The highest BCUT2D eigenvalue weighted by Gasteiger charge is 2.30. The summed E-state index contributed by atoms with van der Waals surface area (Å²) < 4.78 is 1.88. The van der Waals surface area contributed by atoms with Gasteiger partial charge in [0.05, 0.1) is 12.9 Å². The van der Waals surface area contributed by atoms with Gasteiger partial charge >= 0.3 is 0 Å². The van der Waals surface area contributed by atoms with Crippen LogP contribution in [0.5, 0.6) is 0 Å². The molecule has 0 amide bonds. The first-order valence-electron chi connectivity index (χ1n) is 7.14. The fraction of sp³-hybridized carbons (Fsp3) is 0.167. The number of nitrogens with zero attached hydrogens (tertiary/aromatic N) is 2. The summed E-state index contributed by atoms with van der Waals surface area (Å²) in [5.41, 5.74) is 0.742. The molecule has 0 bridgehead atoms. The average Bonchev–Trinajstić information content (AvgIpc) is 3.03. The number of benzene rings is 2. The Morgan fingerprint density at radius 3 is 2.45 bits per heavy atom. The summed E-state index contributed by atoms with van der Waals surface area (Å²) in [4.78, 5) is 4.05. The molecule has 3 rings (SSSR count). The molecule has 0 spiro atoms. The lowest BCUT2D eigenvalue weighted by atomic mass is 9.87. The predicted octanol–water partition coefficient (Wildman–Crippen LogP) is 3.67. The molecule has 1 aromatic heterocycles. The maximum absolute atomic E-state index is 11.3. The van der Waals surface area contributed by atoms with Gasteiger partial charge in [-0.2, -0.15) is 0 Å². The minimum Gasteiger partial charge on any atom is -0.383 e. The molecule has 1 N–H and O–H groups in total. The van der Waals surface area contributed by atoms with Crippen molar-refractivity contribution in [3.8, 4) is 0 Å². The highest BCUT2D eigenvalue weighted by Crippen LogP contribution is 2.30. The van der Waals surface area contributed by atoms with Gasteiger partial charge in [-0.15, -0.1) is 0 Å². The first-order valence-corrected chi connectivity index (χ1v) is 7.52. The smallest absolute Gasteiger partial charge is 0.112 e. The molecule has 4 heteroatoms. The molecule has 0 saturated heterocycles. The standard InChI is InChI=1S/C18H17ClN2O/c19-17-9-5-4-6-15(17)12-18(22,13-21-11-10-20-14-21)16-7-2-1-3-8-16/h1-11,14,22H,12-13H2. The van der Waals surface area contributed by atoms with E-state index in [1.807, 2.05) is 65.4 Å². The van der Waals surface area contributed by atoms with Crippen molar-refractivity contribution in [3.05, 3.63) is 89.5 Å². The Morgan fingerprint density at radius 2 is 1.77 bits per heavy atom. The van der Waals surface area contributed by atoms with Crippen LogP contribution in [0.25, 0.3) is 0 Å². The van der Waals surface area contributed by atoms with Crippen LogP contribution < -0.4 is 0 Å². The van der Waals surface area contributed by atoms with Crippen molar-refractivity contribution in [1.82, 2.24) is 9.55 Å². The van der Waals surface area contributed by atoms with E-state index in [0.717, 1.165) is 11.1 Å². The quantitative estimate of drug-likeness (QED) is 0.780. The lowest BCUT2D eigenvalue weighted by molar-refractivity contribution is 0.0185. The predicted molar refractivity (Wildman–Crippen MR) is 87.7 cm³/mol. The summed E-state index contributed by atoms with van der Waals surface area (Å²) >= 11 is 6.27. The summed E-state index contributed by atoms with van der Waals surface area (Å²) in [7, 11) is 0. The number of halogens is 1. The molecule has 1 atom stereocenters. The SMILES string of the molecule is OC(Cc1ccccc1Cl)(Cn1ccnc1)c1ccccc1. The van der Waals surface area contributed by atoms with Crippen LogP contribution in [0.1, 0.15) is 11.1 Å². The highest BCUT2D eigenvalue weighted by molar-refractivity contribution is 6.31. The first kappa shape index (κ1) is 14.8. The van der Waals surface area contributed by atoms with Crippen molar-refractivity contribution < 1.29 is 5.11 Å². The third-order valence-corrected chi connectivity index (χ3v) is 4.12. The van der Waals surface area contributed by atoms with Crippen LogP contribution >= 0.6 is 11.6 Å². The van der Waals surface area contributed by atoms with E-state index in [0.29, 0.717) is 18.0 Å². The summed E-state index contributed by atoms with van der Waals surface area (Å²) in [5, 5.41) is 12.0. The summed E-state index contributed by atoms with van der Waals surface area (Å²) in [6.07, 6.45) is 5.71. The Bertz CT molecular complexity index is 728. The third-order valence-electron chi connectivity index (χ3n) is 3.76. The number of aromatic nitrogens is 2. The molecule has 3 nitrogen and oxygen atoms in total. The molecule has 0 radical (unpaired) electrons. The van der Waals surface area contributed by atoms with Crippen LogP contribution in [-0.2, 0) is 18.6 Å². The van der Waals surface area contributed by atoms with Gasteiger partial charge in [-0.25, -0.2) is 4.98 Å². The van der Waals surface area contributed by atoms with E-state index >= 15 is 0 Å². The molecule has 0 fully saturated rings.